The molecule has 140 valence electrons. The molecule has 2 aromatic heterocycles. The van der Waals surface area contributed by atoms with Gasteiger partial charge in [-0.1, -0.05) is 31.2 Å². The van der Waals surface area contributed by atoms with Crippen molar-refractivity contribution in [3.63, 3.8) is 0 Å². The van der Waals surface area contributed by atoms with Crippen LogP contribution in [0.3, 0.4) is 0 Å². The number of nitrogens with zero attached hydrogens (tertiary/aromatic N) is 4. The molecule has 8 heteroatoms. The predicted octanol–water partition coefficient (Wildman–Crippen LogP) is 3.57. The van der Waals surface area contributed by atoms with E-state index in [0.29, 0.717) is 23.5 Å². The van der Waals surface area contributed by atoms with Crippen LogP contribution in [0.15, 0.2) is 64.1 Å². The normalized spacial score (nSPS) is 11.0. The minimum absolute atomic E-state index is 0.0211. The Labute approximate surface area is 159 Å². The fourth-order valence-electron chi connectivity index (χ4n) is 3.06. The topological polar surface area (TPSA) is 104 Å². The van der Waals surface area contributed by atoms with Gasteiger partial charge in [-0.15, -0.1) is 0 Å². The fraction of sp³-hybridized carbons (Fsp3) is 0.150. The summed E-state index contributed by atoms with van der Waals surface area (Å²) in [6.45, 7) is 2.36. The first-order chi connectivity index (χ1) is 13.5. The van der Waals surface area contributed by atoms with Gasteiger partial charge in [-0.3, -0.25) is 10.1 Å². The van der Waals surface area contributed by atoms with Crippen LogP contribution >= 0.6 is 0 Å². The van der Waals surface area contributed by atoms with Crippen molar-refractivity contribution >= 4 is 16.7 Å². The minimum atomic E-state index is -0.458. The van der Waals surface area contributed by atoms with E-state index in [1.807, 2.05) is 25.1 Å². The number of non-ortho nitro benzene ring substituents is 1. The lowest BCUT2D eigenvalue weighted by atomic mass is 10.1. The lowest BCUT2D eigenvalue weighted by Gasteiger charge is -2.06. The summed E-state index contributed by atoms with van der Waals surface area (Å²) in [4.78, 5) is 26.7. The quantitative estimate of drug-likeness (QED) is 0.300. The van der Waals surface area contributed by atoms with E-state index in [9.17, 15) is 14.9 Å². The highest BCUT2D eigenvalue weighted by molar-refractivity contribution is 5.80. The first-order valence-electron chi connectivity index (χ1n) is 8.73. The molecule has 0 unspecified atom stereocenters. The molecule has 4 aromatic rings. The Bertz CT molecular complexity index is 1240. The molecule has 0 radical (unpaired) electrons. The van der Waals surface area contributed by atoms with Crippen LogP contribution in [0.5, 0.6) is 0 Å². The fourth-order valence-corrected chi connectivity index (χ4v) is 3.06. The Balaban J connectivity index is 1.69. The maximum Gasteiger partial charge on any atom is 0.336 e. The summed E-state index contributed by atoms with van der Waals surface area (Å²) in [6.07, 6.45) is 2.38. The third-order valence-electron chi connectivity index (χ3n) is 4.49. The van der Waals surface area contributed by atoms with Gasteiger partial charge in [-0.2, -0.15) is 5.10 Å². The first-order valence-corrected chi connectivity index (χ1v) is 8.73. The second-order valence-electron chi connectivity index (χ2n) is 6.35. The summed E-state index contributed by atoms with van der Waals surface area (Å²) in [6, 6.07) is 13.4. The van der Waals surface area contributed by atoms with Crippen LogP contribution in [0.25, 0.3) is 22.4 Å². The van der Waals surface area contributed by atoms with Crippen LogP contribution in [0, 0.1) is 10.1 Å². The Morgan fingerprint density at radius 2 is 2.04 bits per heavy atom. The molecule has 2 heterocycles. The number of hydrogen-bond acceptors (Lipinski definition) is 6. The number of nitro groups is 1. The van der Waals surface area contributed by atoms with Gasteiger partial charge in [0.05, 0.1) is 11.5 Å². The number of fused-ring (bicyclic) bond motifs is 1. The molecule has 0 aliphatic carbocycles. The first kappa shape index (κ1) is 17.6. The molecule has 8 nitrogen and oxygen atoms in total. The Hall–Kier alpha value is -3.81. The summed E-state index contributed by atoms with van der Waals surface area (Å²) in [5, 5.41) is 16.2. The number of nitro benzene ring substituents is 1. The second kappa shape index (κ2) is 7.07. The molecule has 0 N–H and O–H groups in total. The Morgan fingerprint density at radius 3 is 2.82 bits per heavy atom. The standard InChI is InChI=1S/C20H16N4O4/c1-2-13-6-7-17-15(10-19(25)28-18(17)8-13)11-23-12-21-20(22-23)14-4-3-5-16(9-14)24(26)27/h3-10,12H,2,11H2,1H3. The van der Waals surface area contributed by atoms with Crippen molar-refractivity contribution in [2.75, 3.05) is 0 Å². The van der Waals surface area contributed by atoms with E-state index in [2.05, 4.69) is 10.1 Å². The van der Waals surface area contributed by atoms with E-state index in [1.165, 1.54) is 24.5 Å². The third kappa shape index (κ3) is 3.39. The minimum Gasteiger partial charge on any atom is -0.423 e. The molecule has 0 aliphatic heterocycles. The van der Waals surface area contributed by atoms with Gasteiger partial charge in [0.2, 0.25) is 0 Å². The Morgan fingerprint density at radius 1 is 1.18 bits per heavy atom. The van der Waals surface area contributed by atoms with Crippen molar-refractivity contribution in [3.8, 4) is 11.4 Å². The maximum absolute atomic E-state index is 11.9. The van der Waals surface area contributed by atoms with Gasteiger partial charge < -0.3 is 4.42 Å². The van der Waals surface area contributed by atoms with Crippen LogP contribution in [-0.4, -0.2) is 19.7 Å². The molecular weight excluding hydrogens is 360 g/mol. The summed E-state index contributed by atoms with van der Waals surface area (Å²) in [5.41, 5.74) is 2.51. The van der Waals surface area contributed by atoms with Crippen LogP contribution in [0.4, 0.5) is 5.69 Å². The van der Waals surface area contributed by atoms with Crippen LogP contribution in [0.1, 0.15) is 18.1 Å². The average Bonchev–Trinajstić information content (AvgIpc) is 3.16. The van der Waals surface area contributed by atoms with E-state index in [0.717, 1.165) is 22.9 Å². The number of benzene rings is 2. The van der Waals surface area contributed by atoms with Gasteiger partial charge in [-0.05, 0) is 23.6 Å². The van der Waals surface area contributed by atoms with Crippen molar-refractivity contribution in [3.05, 3.63) is 86.5 Å². The van der Waals surface area contributed by atoms with Gasteiger partial charge >= 0.3 is 5.63 Å². The van der Waals surface area contributed by atoms with Crippen molar-refractivity contribution < 1.29 is 9.34 Å². The molecule has 2 aromatic carbocycles. The average molecular weight is 376 g/mol. The molecule has 0 amide bonds. The highest BCUT2D eigenvalue weighted by Crippen LogP contribution is 2.22. The molecule has 0 atom stereocenters. The van der Waals surface area contributed by atoms with Crippen molar-refractivity contribution in [1.82, 2.24) is 14.8 Å². The van der Waals surface area contributed by atoms with E-state index < -0.39 is 10.5 Å². The largest absolute Gasteiger partial charge is 0.423 e. The Kier molecular flexibility index (Phi) is 4.44. The van der Waals surface area contributed by atoms with Gasteiger partial charge in [0.1, 0.15) is 11.9 Å². The lowest BCUT2D eigenvalue weighted by molar-refractivity contribution is -0.384. The molecular formula is C20H16N4O4. The van der Waals surface area contributed by atoms with E-state index in [1.54, 1.807) is 16.8 Å². The van der Waals surface area contributed by atoms with E-state index in [-0.39, 0.29) is 5.69 Å². The lowest BCUT2D eigenvalue weighted by Crippen LogP contribution is -2.06. The monoisotopic (exact) mass is 376 g/mol. The van der Waals surface area contributed by atoms with Crippen LogP contribution in [-0.2, 0) is 13.0 Å². The molecule has 0 saturated heterocycles. The zero-order valence-corrected chi connectivity index (χ0v) is 15.0. The van der Waals surface area contributed by atoms with Crippen molar-refractivity contribution in [1.29, 1.82) is 0 Å². The van der Waals surface area contributed by atoms with E-state index in [4.69, 9.17) is 4.42 Å². The SMILES string of the molecule is CCc1ccc2c(Cn3cnc(-c4cccc([N+](=O)[O-])c4)n3)cc(=O)oc2c1. The summed E-state index contributed by atoms with van der Waals surface area (Å²) in [7, 11) is 0. The van der Waals surface area contributed by atoms with Crippen molar-refractivity contribution in [2.45, 2.75) is 19.9 Å². The van der Waals surface area contributed by atoms with E-state index >= 15 is 0 Å². The van der Waals surface area contributed by atoms with Crippen LogP contribution in [0.2, 0.25) is 0 Å². The molecule has 0 bridgehead atoms. The highest BCUT2D eigenvalue weighted by Gasteiger charge is 2.12. The summed E-state index contributed by atoms with van der Waals surface area (Å²) in [5.74, 6) is 0.379. The van der Waals surface area contributed by atoms with Crippen molar-refractivity contribution in [2.24, 2.45) is 0 Å². The molecule has 0 saturated carbocycles. The number of aryl methyl sites for hydroxylation is 1. The number of rotatable bonds is 5. The molecule has 0 aliphatic rings. The second-order valence-corrected chi connectivity index (χ2v) is 6.35. The predicted molar refractivity (Wildman–Crippen MR) is 103 cm³/mol. The van der Waals surface area contributed by atoms with Gasteiger partial charge in [0.15, 0.2) is 5.82 Å². The highest BCUT2D eigenvalue weighted by atomic mass is 16.6. The summed E-state index contributed by atoms with van der Waals surface area (Å²) >= 11 is 0. The number of hydrogen-bond donors (Lipinski definition) is 0. The summed E-state index contributed by atoms with van der Waals surface area (Å²) < 4.78 is 6.92. The van der Waals surface area contributed by atoms with Gasteiger partial charge in [-0.25, -0.2) is 14.5 Å². The smallest absolute Gasteiger partial charge is 0.336 e. The molecule has 0 fully saturated rings. The van der Waals surface area contributed by atoms with Gasteiger partial charge in [0, 0.05) is 29.1 Å². The van der Waals surface area contributed by atoms with Crippen LogP contribution < -0.4 is 5.63 Å². The maximum atomic E-state index is 11.9. The zero-order chi connectivity index (χ0) is 19.7. The molecule has 4 rings (SSSR count). The zero-order valence-electron chi connectivity index (χ0n) is 15.0. The number of aromatic nitrogens is 3. The van der Waals surface area contributed by atoms with Gasteiger partial charge in [0.25, 0.3) is 5.69 Å². The molecule has 28 heavy (non-hydrogen) atoms. The molecule has 0 spiro atoms. The third-order valence-corrected chi connectivity index (χ3v) is 4.49.